The average molecular weight is 485 g/mol. The molecule has 0 amide bonds. The van der Waals surface area contributed by atoms with Crippen molar-refractivity contribution in [1.29, 1.82) is 0 Å². The summed E-state index contributed by atoms with van der Waals surface area (Å²) >= 11 is 0. The summed E-state index contributed by atoms with van der Waals surface area (Å²) in [6, 6.07) is 10.2. The van der Waals surface area contributed by atoms with Gasteiger partial charge in [-0.3, -0.25) is 4.79 Å². The fourth-order valence-corrected chi connectivity index (χ4v) is 9.46. The molecule has 0 bridgehead atoms. The minimum atomic E-state index is 0.0732. The first-order valence-corrected chi connectivity index (χ1v) is 15.0. The molecule has 0 radical (unpaired) electrons. The maximum absolute atomic E-state index is 13.7. The van der Waals surface area contributed by atoms with Crippen LogP contribution in [0.1, 0.15) is 104 Å². The van der Waals surface area contributed by atoms with Crippen molar-refractivity contribution in [2.75, 3.05) is 0 Å². The Hall–Kier alpha value is -1.81. The average Bonchev–Trinajstić information content (AvgIpc) is 3.21. The number of benzene rings is 1. The fourth-order valence-electron chi connectivity index (χ4n) is 9.46. The van der Waals surface area contributed by atoms with Gasteiger partial charge in [-0.25, -0.2) is 0 Å². The van der Waals surface area contributed by atoms with Crippen LogP contribution in [0.2, 0.25) is 0 Å². The molecule has 1 aromatic carbocycles. The summed E-state index contributed by atoms with van der Waals surface area (Å²) in [6.07, 6.45) is 14.8. The summed E-state index contributed by atoms with van der Waals surface area (Å²) in [7, 11) is 0. The Morgan fingerprint density at radius 3 is 2.42 bits per heavy atom. The van der Waals surface area contributed by atoms with E-state index in [1.165, 1.54) is 50.5 Å². The predicted octanol–water partition coefficient (Wildman–Crippen LogP) is 8.87. The van der Waals surface area contributed by atoms with Crippen molar-refractivity contribution in [3.05, 3.63) is 47.5 Å². The van der Waals surface area contributed by atoms with Gasteiger partial charge in [-0.2, -0.15) is 0 Å². The van der Waals surface area contributed by atoms with Gasteiger partial charge >= 0.3 is 0 Å². The van der Waals surface area contributed by atoms with Gasteiger partial charge in [0.15, 0.2) is 0 Å². The molecule has 3 saturated carbocycles. The lowest BCUT2D eigenvalue weighted by molar-refractivity contribution is -0.146. The van der Waals surface area contributed by atoms with E-state index in [0.29, 0.717) is 23.0 Å². The van der Waals surface area contributed by atoms with E-state index in [2.05, 4.69) is 64.7 Å². The number of fused-ring (bicyclic) bond motifs is 5. The van der Waals surface area contributed by atoms with Crippen LogP contribution in [0.5, 0.6) is 0 Å². The smallest absolute Gasteiger partial charge is 0.140 e. The van der Waals surface area contributed by atoms with E-state index in [1.54, 1.807) is 0 Å². The van der Waals surface area contributed by atoms with Crippen LogP contribution in [0, 0.1) is 64.1 Å². The number of carbonyl (C=O) groups is 1. The minimum Gasteiger partial charge on any atom is -0.299 e. The molecule has 1 heteroatoms. The van der Waals surface area contributed by atoms with E-state index in [9.17, 15) is 4.79 Å². The lowest BCUT2D eigenvalue weighted by Crippen LogP contribution is -2.55. The number of ketones is 1. The van der Waals surface area contributed by atoms with Crippen LogP contribution in [-0.4, -0.2) is 5.78 Å². The largest absolute Gasteiger partial charge is 0.299 e. The van der Waals surface area contributed by atoms with Crippen molar-refractivity contribution in [1.82, 2.24) is 0 Å². The SMILES string of the molecule is CC(C)CCC[C@@H](C)[C@@H]1CC[C@@H]2[C@H]3CC(=O)[C@H]4C=C(C#Cc5ccccc5)CC[C@]4(C)[C@@H]3CC[C@]21C. The van der Waals surface area contributed by atoms with Crippen molar-refractivity contribution >= 4 is 5.78 Å². The Bertz CT molecular complexity index is 1040. The lowest BCUT2D eigenvalue weighted by Gasteiger charge is -2.59. The van der Waals surface area contributed by atoms with Gasteiger partial charge in [0.1, 0.15) is 5.78 Å². The van der Waals surface area contributed by atoms with Gasteiger partial charge in [0.05, 0.1) is 0 Å². The molecule has 1 aromatic rings. The molecule has 0 aliphatic heterocycles. The zero-order chi connectivity index (χ0) is 25.5. The molecule has 3 fully saturated rings. The van der Waals surface area contributed by atoms with E-state index in [4.69, 9.17) is 0 Å². The second-order valence-electron chi connectivity index (χ2n) is 13.9. The molecule has 0 N–H and O–H groups in total. The molecular formula is C35H48O. The third kappa shape index (κ3) is 4.64. The zero-order valence-corrected chi connectivity index (χ0v) is 23.5. The van der Waals surface area contributed by atoms with Crippen molar-refractivity contribution in [3.8, 4) is 11.8 Å². The first-order chi connectivity index (χ1) is 17.2. The van der Waals surface area contributed by atoms with Gasteiger partial charge in [0.25, 0.3) is 0 Å². The van der Waals surface area contributed by atoms with E-state index < -0.39 is 0 Å². The van der Waals surface area contributed by atoms with E-state index in [-0.39, 0.29) is 11.3 Å². The molecular weight excluding hydrogens is 436 g/mol. The second-order valence-corrected chi connectivity index (χ2v) is 13.9. The molecule has 0 heterocycles. The van der Waals surface area contributed by atoms with Crippen LogP contribution in [0.25, 0.3) is 0 Å². The van der Waals surface area contributed by atoms with Crippen molar-refractivity contribution in [2.45, 2.75) is 98.8 Å². The van der Waals surface area contributed by atoms with Crippen molar-refractivity contribution in [3.63, 3.8) is 0 Å². The minimum absolute atomic E-state index is 0.0732. The number of allylic oxidation sites excluding steroid dienone is 2. The summed E-state index contributed by atoms with van der Waals surface area (Å²) in [5.41, 5.74) is 2.81. The van der Waals surface area contributed by atoms with Crippen molar-refractivity contribution < 1.29 is 4.79 Å². The standard InChI is InChI=1S/C35H48O/c1-24(2)10-9-11-25(3)29-16-17-30-28-23-33(36)32-22-27(15-14-26-12-7-6-8-13-26)18-20-35(32,5)31(28)19-21-34(29,30)4/h6-8,12-13,22,24-25,28-32H,9-11,16-21,23H2,1-5H3/t25-,28-,29+,30-,31-,32-,34+,35-/m1/s1. The summed E-state index contributed by atoms with van der Waals surface area (Å²) in [6.45, 7) is 12.3. The molecule has 0 unspecified atom stereocenters. The van der Waals surface area contributed by atoms with Gasteiger partial charge < -0.3 is 0 Å². The van der Waals surface area contributed by atoms with Crippen LogP contribution in [0.15, 0.2) is 42.0 Å². The molecule has 4 aliphatic rings. The topological polar surface area (TPSA) is 17.1 Å². The van der Waals surface area contributed by atoms with Gasteiger partial charge in [0.2, 0.25) is 0 Å². The quantitative estimate of drug-likeness (QED) is 0.381. The van der Waals surface area contributed by atoms with Gasteiger partial charge in [-0.1, -0.05) is 90.0 Å². The van der Waals surface area contributed by atoms with E-state index in [1.807, 2.05) is 18.2 Å². The zero-order valence-electron chi connectivity index (χ0n) is 23.5. The van der Waals surface area contributed by atoms with Crippen LogP contribution in [-0.2, 0) is 4.79 Å². The maximum Gasteiger partial charge on any atom is 0.140 e. The Balaban J connectivity index is 1.32. The van der Waals surface area contributed by atoms with Crippen molar-refractivity contribution in [2.24, 2.45) is 52.3 Å². The number of hydrogen-bond donors (Lipinski definition) is 0. The molecule has 194 valence electrons. The van der Waals surface area contributed by atoms with Gasteiger partial charge in [-0.15, -0.1) is 0 Å². The monoisotopic (exact) mass is 484 g/mol. The molecule has 1 nitrogen and oxygen atoms in total. The van der Waals surface area contributed by atoms with Crippen LogP contribution in [0.4, 0.5) is 0 Å². The Morgan fingerprint density at radius 2 is 1.67 bits per heavy atom. The molecule has 0 saturated heterocycles. The second kappa shape index (κ2) is 10.2. The summed E-state index contributed by atoms with van der Waals surface area (Å²) in [5.74, 6) is 11.9. The number of rotatable bonds is 5. The fraction of sp³-hybridized carbons (Fsp3) is 0.686. The molecule has 36 heavy (non-hydrogen) atoms. The van der Waals surface area contributed by atoms with E-state index >= 15 is 0 Å². The summed E-state index contributed by atoms with van der Waals surface area (Å²) in [4.78, 5) is 13.7. The van der Waals surface area contributed by atoms with Crippen LogP contribution in [0.3, 0.4) is 0 Å². The summed E-state index contributed by atoms with van der Waals surface area (Å²) in [5, 5.41) is 0. The molecule has 0 aromatic heterocycles. The van der Waals surface area contributed by atoms with Crippen LogP contribution >= 0.6 is 0 Å². The summed E-state index contributed by atoms with van der Waals surface area (Å²) < 4.78 is 0. The van der Waals surface area contributed by atoms with Crippen LogP contribution < -0.4 is 0 Å². The number of Topliss-reactive ketones (excluding diaryl/α,β-unsaturated/α-hetero) is 1. The first-order valence-electron chi connectivity index (χ1n) is 15.0. The van der Waals surface area contributed by atoms with Gasteiger partial charge in [0, 0.05) is 17.9 Å². The first kappa shape index (κ1) is 25.8. The molecule has 4 aliphatic carbocycles. The number of carbonyl (C=O) groups excluding carboxylic acids is 1. The third-order valence-electron chi connectivity index (χ3n) is 11.4. The molecule has 5 rings (SSSR count). The Kier molecular flexibility index (Phi) is 7.29. The third-order valence-corrected chi connectivity index (χ3v) is 11.4. The highest BCUT2D eigenvalue weighted by atomic mass is 16.1. The Labute approximate surface area is 220 Å². The highest BCUT2D eigenvalue weighted by Gasteiger charge is 2.61. The maximum atomic E-state index is 13.7. The highest BCUT2D eigenvalue weighted by Crippen LogP contribution is 2.67. The predicted molar refractivity (Wildman–Crippen MR) is 150 cm³/mol. The normalized spacial score (nSPS) is 38.3. The lowest BCUT2D eigenvalue weighted by atomic mass is 9.44. The number of hydrogen-bond acceptors (Lipinski definition) is 1. The highest BCUT2D eigenvalue weighted by molar-refractivity contribution is 5.85. The molecule has 8 atom stereocenters. The Morgan fingerprint density at radius 1 is 0.917 bits per heavy atom. The van der Waals surface area contributed by atoms with E-state index in [0.717, 1.165) is 48.5 Å². The van der Waals surface area contributed by atoms with Gasteiger partial charge in [-0.05, 0) is 103 Å². The molecule has 0 spiro atoms.